The number of primary sulfonamides is 1. The molecule has 1 aromatic rings. The summed E-state index contributed by atoms with van der Waals surface area (Å²) in [6.07, 6.45) is 0.238. The second-order valence-corrected chi connectivity index (χ2v) is 7.66. The van der Waals surface area contributed by atoms with Crippen molar-refractivity contribution in [1.29, 1.82) is 0 Å². The normalized spacial score (nSPS) is 20.1. The van der Waals surface area contributed by atoms with E-state index in [-0.39, 0.29) is 24.0 Å². The Morgan fingerprint density at radius 3 is 2.74 bits per heavy atom. The Morgan fingerprint density at radius 1 is 1.47 bits per heavy atom. The van der Waals surface area contributed by atoms with E-state index in [0.29, 0.717) is 6.54 Å². The van der Waals surface area contributed by atoms with Gasteiger partial charge in [-0.25, -0.2) is 13.6 Å². The molecular weight excluding hydrogens is 379 g/mol. The number of nitrogens with zero attached hydrogens (tertiary/aromatic N) is 1. The van der Waals surface area contributed by atoms with E-state index in [0.717, 1.165) is 14.8 Å². The zero-order chi connectivity index (χ0) is 14.2. The molecule has 1 aliphatic rings. The van der Waals surface area contributed by atoms with Gasteiger partial charge in [-0.2, -0.15) is 0 Å². The maximum absolute atomic E-state index is 12.0. The van der Waals surface area contributed by atoms with Gasteiger partial charge in [0.1, 0.15) is 0 Å². The Labute approximate surface area is 126 Å². The molecule has 0 radical (unpaired) electrons. The summed E-state index contributed by atoms with van der Waals surface area (Å²) in [4.78, 5) is 13.6. The van der Waals surface area contributed by atoms with Crippen LogP contribution < -0.4 is 10.0 Å². The highest BCUT2D eigenvalue weighted by Crippen LogP contribution is 2.27. The van der Waals surface area contributed by atoms with Gasteiger partial charge in [-0.3, -0.25) is 4.79 Å². The minimum absolute atomic E-state index is 0.0470. The number of sulfonamides is 1. The predicted molar refractivity (Wildman–Crippen MR) is 82.3 cm³/mol. The predicted octanol–water partition coefficient (Wildman–Crippen LogP) is 1.24. The molecule has 1 aliphatic heterocycles. The Morgan fingerprint density at radius 2 is 2.16 bits per heavy atom. The zero-order valence-corrected chi connectivity index (χ0v) is 13.4. The topological polar surface area (TPSA) is 80.5 Å². The number of nitrogens with two attached hydrogens (primary N) is 1. The van der Waals surface area contributed by atoms with E-state index in [1.807, 2.05) is 25.1 Å². The average Bonchev–Trinajstić information content (AvgIpc) is 2.61. The van der Waals surface area contributed by atoms with Gasteiger partial charge < -0.3 is 4.90 Å². The molecule has 1 fully saturated rings. The van der Waals surface area contributed by atoms with E-state index in [1.54, 1.807) is 4.90 Å². The van der Waals surface area contributed by atoms with Crippen molar-refractivity contribution in [3.8, 4) is 0 Å². The molecule has 0 aromatic heterocycles. The Kier molecular flexibility index (Phi) is 4.17. The summed E-state index contributed by atoms with van der Waals surface area (Å²) in [7, 11) is -3.53. The van der Waals surface area contributed by atoms with E-state index >= 15 is 0 Å². The van der Waals surface area contributed by atoms with Gasteiger partial charge in [0.15, 0.2) is 0 Å². The molecule has 19 heavy (non-hydrogen) atoms. The molecule has 1 unspecified atom stereocenters. The van der Waals surface area contributed by atoms with Crippen LogP contribution in [-0.2, 0) is 14.8 Å². The van der Waals surface area contributed by atoms with Crippen molar-refractivity contribution >= 4 is 44.2 Å². The SMILES string of the molecule is Cc1cc(N2CC(CS(N)(=O)=O)CC2=O)ccc1I. The number of halogens is 1. The van der Waals surface area contributed by atoms with Gasteiger partial charge in [0.25, 0.3) is 0 Å². The summed E-state index contributed by atoms with van der Waals surface area (Å²) in [5, 5.41) is 5.03. The van der Waals surface area contributed by atoms with Gasteiger partial charge in [0.05, 0.1) is 5.75 Å². The van der Waals surface area contributed by atoms with E-state index in [9.17, 15) is 13.2 Å². The number of carbonyl (C=O) groups is 1. The van der Waals surface area contributed by atoms with Crippen molar-refractivity contribution in [2.24, 2.45) is 11.1 Å². The number of hydrogen-bond acceptors (Lipinski definition) is 3. The monoisotopic (exact) mass is 394 g/mol. The molecule has 7 heteroatoms. The van der Waals surface area contributed by atoms with Gasteiger partial charge >= 0.3 is 0 Å². The quantitative estimate of drug-likeness (QED) is 0.784. The van der Waals surface area contributed by atoms with Crippen LogP contribution in [0.5, 0.6) is 0 Å². The van der Waals surface area contributed by atoms with Crippen molar-refractivity contribution < 1.29 is 13.2 Å². The first-order valence-corrected chi connectivity index (χ1v) is 8.62. The zero-order valence-electron chi connectivity index (χ0n) is 10.5. The number of aryl methyl sites for hydroxylation is 1. The van der Waals surface area contributed by atoms with Gasteiger partial charge in [-0.15, -0.1) is 0 Å². The highest BCUT2D eigenvalue weighted by molar-refractivity contribution is 14.1. The molecule has 2 N–H and O–H groups in total. The van der Waals surface area contributed by atoms with E-state index < -0.39 is 10.0 Å². The fourth-order valence-corrected chi connectivity index (χ4v) is 3.48. The smallest absolute Gasteiger partial charge is 0.227 e. The number of amides is 1. The fourth-order valence-electron chi connectivity index (χ4n) is 2.27. The summed E-state index contributed by atoms with van der Waals surface area (Å²) in [6, 6.07) is 5.77. The fraction of sp³-hybridized carbons (Fsp3) is 0.417. The van der Waals surface area contributed by atoms with Crippen LogP contribution >= 0.6 is 22.6 Å². The van der Waals surface area contributed by atoms with Crippen LogP contribution in [0.3, 0.4) is 0 Å². The first-order valence-electron chi connectivity index (χ1n) is 5.83. The Balaban J connectivity index is 2.18. The first kappa shape index (κ1) is 14.7. The highest BCUT2D eigenvalue weighted by Gasteiger charge is 2.32. The minimum atomic E-state index is -3.53. The van der Waals surface area contributed by atoms with Crippen molar-refractivity contribution in [2.75, 3.05) is 17.2 Å². The van der Waals surface area contributed by atoms with Crippen LogP contribution in [0.2, 0.25) is 0 Å². The van der Waals surface area contributed by atoms with E-state index in [2.05, 4.69) is 22.6 Å². The first-order chi connectivity index (χ1) is 8.76. The molecule has 1 atom stereocenters. The van der Waals surface area contributed by atoms with Gasteiger partial charge in [-0.05, 0) is 53.3 Å². The maximum Gasteiger partial charge on any atom is 0.227 e. The second kappa shape index (κ2) is 5.37. The van der Waals surface area contributed by atoms with Crippen LogP contribution in [0.25, 0.3) is 0 Å². The van der Waals surface area contributed by atoms with Crippen LogP contribution in [0.1, 0.15) is 12.0 Å². The number of benzene rings is 1. The summed E-state index contributed by atoms with van der Waals surface area (Å²) >= 11 is 2.23. The lowest BCUT2D eigenvalue weighted by molar-refractivity contribution is -0.117. The van der Waals surface area contributed by atoms with Crippen molar-refractivity contribution in [3.63, 3.8) is 0 Å². The van der Waals surface area contributed by atoms with Crippen LogP contribution in [0, 0.1) is 16.4 Å². The van der Waals surface area contributed by atoms with Crippen molar-refractivity contribution in [1.82, 2.24) is 0 Å². The van der Waals surface area contributed by atoms with Gasteiger partial charge in [-0.1, -0.05) is 0 Å². The molecule has 5 nitrogen and oxygen atoms in total. The summed E-state index contributed by atoms with van der Waals surface area (Å²) in [6.45, 7) is 2.39. The average molecular weight is 394 g/mol. The molecule has 0 bridgehead atoms. The largest absolute Gasteiger partial charge is 0.312 e. The van der Waals surface area contributed by atoms with Crippen molar-refractivity contribution in [2.45, 2.75) is 13.3 Å². The molecule has 0 aliphatic carbocycles. The summed E-state index contributed by atoms with van der Waals surface area (Å²) < 4.78 is 23.3. The van der Waals surface area contributed by atoms with E-state index in [4.69, 9.17) is 5.14 Å². The minimum Gasteiger partial charge on any atom is -0.312 e. The lowest BCUT2D eigenvalue weighted by Gasteiger charge is -2.17. The van der Waals surface area contributed by atoms with Gasteiger partial charge in [0, 0.05) is 28.1 Å². The molecule has 1 amide bonds. The third-order valence-corrected chi connectivity index (χ3v) is 5.27. The second-order valence-electron chi connectivity index (χ2n) is 4.84. The third kappa shape index (κ3) is 3.67. The van der Waals surface area contributed by atoms with Crippen LogP contribution in [-0.4, -0.2) is 26.6 Å². The molecule has 1 heterocycles. The van der Waals surface area contributed by atoms with Crippen molar-refractivity contribution in [3.05, 3.63) is 27.3 Å². The maximum atomic E-state index is 12.0. The molecule has 2 rings (SSSR count). The van der Waals surface area contributed by atoms with Gasteiger partial charge in [0.2, 0.25) is 15.9 Å². The van der Waals surface area contributed by atoms with Crippen LogP contribution in [0.4, 0.5) is 5.69 Å². The molecular formula is C12H15IN2O3S. The molecule has 104 valence electrons. The van der Waals surface area contributed by atoms with Crippen LogP contribution in [0.15, 0.2) is 18.2 Å². The summed E-state index contributed by atoms with van der Waals surface area (Å²) in [5.74, 6) is -0.408. The molecule has 1 aromatic carbocycles. The molecule has 0 saturated carbocycles. The molecule has 1 saturated heterocycles. The highest BCUT2D eigenvalue weighted by atomic mass is 127. The molecule has 0 spiro atoms. The Hall–Kier alpha value is -0.670. The number of carbonyl (C=O) groups excluding carboxylic acids is 1. The summed E-state index contributed by atoms with van der Waals surface area (Å²) in [5.41, 5.74) is 1.92. The Bertz CT molecular complexity index is 615. The number of hydrogen-bond donors (Lipinski definition) is 1. The lowest BCUT2D eigenvalue weighted by atomic mass is 10.1. The number of anilines is 1. The number of rotatable bonds is 3. The third-order valence-electron chi connectivity index (χ3n) is 3.13. The van der Waals surface area contributed by atoms with E-state index in [1.165, 1.54) is 0 Å². The standard InChI is InChI=1S/C12H15IN2O3S/c1-8-4-10(2-3-11(8)13)15-6-9(5-12(15)16)7-19(14,17)18/h2-4,9H,5-7H2,1H3,(H2,14,17,18). The lowest BCUT2D eigenvalue weighted by Crippen LogP contribution is -2.27.